The van der Waals surface area contributed by atoms with Gasteiger partial charge in [-0.05, 0) is 31.5 Å². The van der Waals surface area contributed by atoms with E-state index >= 15 is 0 Å². The molecular weight excluding hydrogens is 250 g/mol. The third-order valence-electron chi connectivity index (χ3n) is 3.26. The van der Waals surface area contributed by atoms with Crippen LogP contribution in [-0.4, -0.2) is 15.9 Å². The third kappa shape index (κ3) is 2.16. The molecule has 0 aliphatic heterocycles. The summed E-state index contributed by atoms with van der Waals surface area (Å²) in [6.45, 7) is 3.78. The summed E-state index contributed by atoms with van der Waals surface area (Å²) in [6.07, 6.45) is 3.60. The first-order valence-corrected chi connectivity index (χ1v) is 6.46. The van der Waals surface area contributed by atoms with Gasteiger partial charge in [0, 0.05) is 34.4 Å². The Hall–Kier alpha value is -2.62. The largest absolute Gasteiger partial charge is 0.361 e. The number of rotatable bonds is 2. The van der Waals surface area contributed by atoms with E-state index in [0.717, 1.165) is 27.7 Å². The molecule has 0 saturated carbocycles. The highest BCUT2D eigenvalue weighted by Crippen LogP contribution is 2.15. The molecule has 0 amide bonds. The Bertz CT molecular complexity index is 856. The van der Waals surface area contributed by atoms with Crippen LogP contribution < -0.4 is 5.56 Å². The lowest BCUT2D eigenvalue weighted by molar-refractivity contribution is 0.791. The average Bonchev–Trinajstić information content (AvgIpc) is 2.81. The van der Waals surface area contributed by atoms with E-state index < -0.39 is 0 Å². The van der Waals surface area contributed by atoms with Crippen LogP contribution in [0.4, 0.5) is 0 Å². The predicted molar refractivity (Wildman–Crippen MR) is 81.5 cm³/mol. The lowest BCUT2D eigenvalue weighted by atomic mass is 10.2. The SMILES string of the molecule is Cc1cc(C)n(/N=C\c2c[nH]c3ccccc23)c(=O)c1. The van der Waals surface area contributed by atoms with Crippen molar-refractivity contribution >= 4 is 17.1 Å². The molecule has 0 aliphatic carbocycles. The molecule has 0 bridgehead atoms. The van der Waals surface area contributed by atoms with Crippen molar-refractivity contribution in [3.63, 3.8) is 0 Å². The molecule has 0 atom stereocenters. The van der Waals surface area contributed by atoms with E-state index in [-0.39, 0.29) is 5.56 Å². The summed E-state index contributed by atoms with van der Waals surface area (Å²) in [7, 11) is 0. The number of nitrogens with zero attached hydrogens (tertiary/aromatic N) is 2. The van der Waals surface area contributed by atoms with Crippen molar-refractivity contribution in [2.45, 2.75) is 13.8 Å². The second-order valence-corrected chi connectivity index (χ2v) is 4.86. The Balaban J connectivity index is 2.05. The molecule has 1 N–H and O–H groups in total. The van der Waals surface area contributed by atoms with Crippen LogP contribution in [0.1, 0.15) is 16.8 Å². The van der Waals surface area contributed by atoms with Gasteiger partial charge in [-0.1, -0.05) is 18.2 Å². The maximum Gasteiger partial charge on any atom is 0.271 e. The number of H-pyrrole nitrogens is 1. The first-order chi connectivity index (χ1) is 9.65. The molecule has 2 heterocycles. The van der Waals surface area contributed by atoms with Gasteiger partial charge in [-0.3, -0.25) is 4.79 Å². The molecular formula is C16H15N3O. The number of hydrogen-bond acceptors (Lipinski definition) is 2. The van der Waals surface area contributed by atoms with Gasteiger partial charge in [0.1, 0.15) is 0 Å². The number of aromatic amines is 1. The fourth-order valence-corrected chi connectivity index (χ4v) is 2.33. The Morgan fingerprint density at radius 3 is 2.80 bits per heavy atom. The summed E-state index contributed by atoms with van der Waals surface area (Å²) in [5.41, 5.74) is 3.69. The van der Waals surface area contributed by atoms with Gasteiger partial charge >= 0.3 is 0 Å². The topological polar surface area (TPSA) is 50.1 Å². The summed E-state index contributed by atoms with van der Waals surface area (Å²) in [5.74, 6) is 0. The van der Waals surface area contributed by atoms with Gasteiger partial charge in [0.15, 0.2) is 0 Å². The lowest BCUT2D eigenvalue weighted by Crippen LogP contribution is -2.18. The van der Waals surface area contributed by atoms with Gasteiger partial charge in [-0.15, -0.1) is 0 Å². The fraction of sp³-hybridized carbons (Fsp3) is 0.125. The summed E-state index contributed by atoms with van der Waals surface area (Å²) in [5, 5.41) is 5.39. The molecule has 1 aromatic carbocycles. The summed E-state index contributed by atoms with van der Waals surface area (Å²) >= 11 is 0. The molecule has 0 saturated heterocycles. The van der Waals surface area contributed by atoms with Crippen molar-refractivity contribution < 1.29 is 0 Å². The summed E-state index contributed by atoms with van der Waals surface area (Å²) < 4.78 is 1.41. The Labute approximate surface area is 116 Å². The van der Waals surface area contributed by atoms with E-state index in [2.05, 4.69) is 10.1 Å². The normalized spacial score (nSPS) is 11.5. The minimum atomic E-state index is -0.112. The first kappa shape index (κ1) is 12.4. The van der Waals surface area contributed by atoms with Gasteiger partial charge in [0.25, 0.3) is 5.56 Å². The van der Waals surface area contributed by atoms with E-state index in [1.54, 1.807) is 12.3 Å². The predicted octanol–water partition coefficient (Wildman–Crippen LogP) is 2.83. The number of benzene rings is 1. The highest BCUT2D eigenvalue weighted by Gasteiger charge is 2.02. The van der Waals surface area contributed by atoms with Gasteiger partial charge in [0.2, 0.25) is 0 Å². The number of aryl methyl sites for hydroxylation is 2. The van der Waals surface area contributed by atoms with Crippen molar-refractivity contribution in [1.82, 2.24) is 9.66 Å². The molecule has 0 fully saturated rings. The molecule has 3 rings (SSSR count). The number of aromatic nitrogens is 2. The molecule has 100 valence electrons. The monoisotopic (exact) mass is 265 g/mol. The van der Waals surface area contributed by atoms with E-state index in [0.29, 0.717) is 0 Å². The lowest BCUT2D eigenvalue weighted by Gasteiger charge is -2.03. The van der Waals surface area contributed by atoms with Crippen molar-refractivity contribution in [3.05, 3.63) is 69.8 Å². The zero-order valence-electron chi connectivity index (χ0n) is 11.4. The van der Waals surface area contributed by atoms with Gasteiger partial charge in [-0.25, -0.2) is 4.68 Å². The molecule has 3 aromatic rings. The Morgan fingerprint density at radius 2 is 2.00 bits per heavy atom. The zero-order valence-corrected chi connectivity index (χ0v) is 11.4. The number of fused-ring (bicyclic) bond motifs is 1. The number of para-hydroxylation sites is 1. The Kier molecular flexibility index (Phi) is 2.99. The van der Waals surface area contributed by atoms with Crippen LogP contribution in [0.3, 0.4) is 0 Å². The average molecular weight is 265 g/mol. The van der Waals surface area contributed by atoms with Crippen LogP contribution in [0.25, 0.3) is 10.9 Å². The summed E-state index contributed by atoms with van der Waals surface area (Å²) in [6, 6.07) is 11.5. The minimum Gasteiger partial charge on any atom is -0.361 e. The maximum atomic E-state index is 11.9. The van der Waals surface area contributed by atoms with Crippen LogP contribution in [-0.2, 0) is 0 Å². The highest BCUT2D eigenvalue weighted by molar-refractivity contribution is 5.98. The van der Waals surface area contributed by atoms with Crippen LogP contribution in [0.5, 0.6) is 0 Å². The van der Waals surface area contributed by atoms with Crippen molar-refractivity contribution in [3.8, 4) is 0 Å². The molecule has 0 unspecified atom stereocenters. The van der Waals surface area contributed by atoms with Gasteiger partial charge in [-0.2, -0.15) is 5.10 Å². The first-order valence-electron chi connectivity index (χ1n) is 6.46. The van der Waals surface area contributed by atoms with E-state index in [4.69, 9.17) is 0 Å². The van der Waals surface area contributed by atoms with Crippen LogP contribution in [0, 0.1) is 13.8 Å². The van der Waals surface area contributed by atoms with Crippen LogP contribution >= 0.6 is 0 Å². The number of pyridine rings is 1. The van der Waals surface area contributed by atoms with Crippen molar-refractivity contribution in [2.75, 3.05) is 0 Å². The van der Waals surface area contributed by atoms with Crippen molar-refractivity contribution in [2.24, 2.45) is 5.10 Å². The standard InChI is InChI=1S/C16H15N3O/c1-11-7-12(2)19(16(20)8-11)18-10-13-9-17-15-6-4-3-5-14(13)15/h3-10,17H,1-2H3/b18-10-. The Morgan fingerprint density at radius 1 is 1.20 bits per heavy atom. The fourth-order valence-electron chi connectivity index (χ4n) is 2.33. The minimum absolute atomic E-state index is 0.112. The number of hydrogen-bond donors (Lipinski definition) is 1. The highest BCUT2D eigenvalue weighted by atomic mass is 16.1. The number of nitrogens with one attached hydrogen (secondary N) is 1. The van der Waals surface area contributed by atoms with E-state index in [1.165, 1.54) is 4.68 Å². The van der Waals surface area contributed by atoms with Gasteiger partial charge in [0.05, 0.1) is 6.21 Å². The molecule has 2 aromatic heterocycles. The molecule has 4 heteroatoms. The molecule has 0 radical (unpaired) electrons. The summed E-state index contributed by atoms with van der Waals surface area (Å²) in [4.78, 5) is 15.1. The van der Waals surface area contributed by atoms with Crippen LogP contribution in [0.15, 0.2) is 52.5 Å². The van der Waals surface area contributed by atoms with Crippen LogP contribution in [0.2, 0.25) is 0 Å². The van der Waals surface area contributed by atoms with E-state index in [1.807, 2.05) is 50.4 Å². The zero-order chi connectivity index (χ0) is 14.1. The quantitative estimate of drug-likeness (QED) is 0.712. The molecule has 0 aliphatic rings. The van der Waals surface area contributed by atoms with E-state index in [9.17, 15) is 4.79 Å². The maximum absolute atomic E-state index is 11.9. The third-order valence-corrected chi connectivity index (χ3v) is 3.26. The second-order valence-electron chi connectivity index (χ2n) is 4.86. The van der Waals surface area contributed by atoms with Gasteiger partial charge < -0.3 is 4.98 Å². The second kappa shape index (κ2) is 4.81. The van der Waals surface area contributed by atoms with Crippen molar-refractivity contribution in [1.29, 1.82) is 0 Å². The molecule has 4 nitrogen and oxygen atoms in total. The molecule has 20 heavy (non-hydrogen) atoms. The smallest absolute Gasteiger partial charge is 0.271 e. The molecule has 0 spiro atoms.